The van der Waals surface area contributed by atoms with Gasteiger partial charge in [0.2, 0.25) is 0 Å². The van der Waals surface area contributed by atoms with Crippen molar-refractivity contribution in [1.82, 2.24) is 0 Å². The second-order valence-corrected chi connectivity index (χ2v) is 10.2. The summed E-state index contributed by atoms with van der Waals surface area (Å²) in [6.45, 7) is 4.44. The number of ether oxygens (including phenoxy) is 1. The van der Waals surface area contributed by atoms with Crippen molar-refractivity contribution in [1.29, 1.82) is 0 Å². The molecular weight excluding hydrogens is 316 g/mol. The predicted molar refractivity (Wildman–Crippen MR) is 94.7 cm³/mol. The fourth-order valence-electron chi connectivity index (χ4n) is 8.28. The van der Waals surface area contributed by atoms with E-state index in [2.05, 4.69) is 13.8 Å². The minimum absolute atomic E-state index is 0.0358. The van der Waals surface area contributed by atoms with Crippen molar-refractivity contribution in [3.05, 3.63) is 0 Å². The summed E-state index contributed by atoms with van der Waals surface area (Å²) in [5.74, 6) is 1.15. The normalized spacial score (nSPS) is 54.5. The molecule has 4 fully saturated rings. The third-order valence-corrected chi connectivity index (χ3v) is 9.24. The molecule has 25 heavy (non-hydrogen) atoms. The van der Waals surface area contributed by atoms with Gasteiger partial charge in [0.05, 0.1) is 24.7 Å². The Balaban J connectivity index is 1.71. The summed E-state index contributed by atoms with van der Waals surface area (Å²) < 4.78 is 5.22. The minimum Gasteiger partial charge on any atom is -0.469 e. The van der Waals surface area contributed by atoms with Crippen LogP contribution < -0.4 is 0 Å². The number of methoxy groups -OCH3 is 1. The number of hydrogen-bond donors (Lipinski definition) is 2. The molecule has 0 amide bonds. The molecule has 4 saturated carbocycles. The van der Waals surface area contributed by atoms with E-state index in [4.69, 9.17) is 4.74 Å². The Morgan fingerprint density at radius 1 is 1.12 bits per heavy atom. The Morgan fingerprint density at radius 3 is 2.56 bits per heavy atom. The summed E-state index contributed by atoms with van der Waals surface area (Å²) in [6, 6.07) is 0. The molecule has 0 aromatic rings. The van der Waals surface area contributed by atoms with Crippen LogP contribution in [0.2, 0.25) is 0 Å². The highest BCUT2D eigenvalue weighted by Crippen LogP contribution is 2.72. The number of aliphatic hydroxyl groups excluding tert-OH is 1. The van der Waals surface area contributed by atoms with Gasteiger partial charge in [-0.1, -0.05) is 13.3 Å². The lowest BCUT2D eigenvalue weighted by molar-refractivity contribution is -0.184. The van der Waals surface area contributed by atoms with Crippen LogP contribution in [0.3, 0.4) is 0 Å². The molecule has 2 N–H and O–H groups in total. The molecule has 0 aromatic heterocycles. The molecule has 4 heteroatoms. The largest absolute Gasteiger partial charge is 0.469 e. The molecule has 0 heterocycles. The van der Waals surface area contributed by atoms with E-state index in [0.717, 1.165) is 51.4 Å². The Bertz CT molecular complexity index is 576. The summed E-state index contributed by atoms with van der Waals surface area (Å²) in [4.78, 5) is 12.7. The van der Waals surface area contributed by atoms with E-state index in [1.165, 1.54) is 13.5 Å². The Hall–Kier alpha value is -0.610. The molecule has 0 saturated heterocycles. The third-order valence-electron chi connectivity index (χ3n) is 9.24. The van der Waals surface area contributed by atoms with Crippen LogP contribution in [0.5, 0.6) is 0 Å². The first-order valence-corrected chi connectivity index (χ1v) is 10.2. The van der Waals surface area contributed by atoms with E-state index in [1.807, 2.05) is 0 Å². The Morgan fingerprint density at radius 2 is 1.88 bits per heavy atom. The van der Waals surface area contributed by atoms with Crippen molar-refractivity contribution in [2.75, 3.05) is 13.7 Å². The maximum Gasteiger partial charge on any atom is 0.311 e. The molecule has 0 unspecified atom stereocenters. The van der Waals surface area contributed by atoms with Gasteiger partial charge in [0, 0.05) is 0 Å². The second kappa shape index (κ2) is 5.45. The maximum absolute atomic E-state index is 12.7. The Kier molecular flexibility index (Phi) is 3.88. The van der Waals surface area contributed by atoms with Crippen LogP contribution in [-0.2, 0) is 9.53 Å². The average Bonchev–Trinajstić information content (AvgIpc) is 2.80. The molecule has 0 radical (unpaired) electrons. The zero-order valence-electron chi connectivity index (χ0n) is 16.0. The molecule has 4 nitrogen and oxygen atoms in total. The first-order chi connectivity index (χ1) is 11.7. The Labute approximate surface area is 151 Å². The van der Waals surface area contributed by atoms with Crippen molar-refractivity contribution in [3.8, 4) is 0 Å². The monoisotopic (exact) mass is 350 g/mol. The van der Waals surface area contributed by atoms with Crippen LogP contribution in [0.1, 0.15) is 71.6 Å². The zero-order chi connectivity index (χ0) is 18.1. The van der Waals surface area contributed by atoms with E-state index >= 15 is 0 Å². The number of esters is 1. The third kappa shape index (κ3) is 2.16. The van der Waals surface area contributed by atoms with Gasteiger partial charge in [0.15, 0.2) is 0 Å². The van der Waals surface area contributed by atoms with E-state index in [-0.39, 0.29) is 34.7 Å². The van der Waals surface area contributed by atoms with Crippen molar-refractivity contribution in [3.63, 3.8) is 0 Å². The van der Waals surface area contributed by atoms with Crippen molar-refractivity contribution < 1.29 is 19.7 Å². The van der Waals surface area contributed by atoms with Gasteiger partial charge >= 0.3 is 5.97 Å². The zero-order valence-corrected chi connectivity index (χ0v) is 16.0. The van der Waals surface area contributed by atoms with Gasteiger partial charge in [-0.15, -0.1) is 0 Å². The van der Waals surface area contributed by atoms with Gasteiger partial charge in [0.25, 0.3) is 0 Å². The second-order valence-electron chi connectivity index (χ2n) is 10.2. The lowest BCUT2D eigenvalue weighted by Crippen LogP contribution is -2.58. The fourth-order valence-corrected chi connectivity index (χ4v) is 8.28. The summed E-state index contributed by atoms with van der Waals surface area (Å²) in [7, 11) is 1.52. The van der Waals surface area contributed by atoms with Gasteiger partial charge in [-0.3, -0.25) is 4.79 Å². The first kappa shape index (κ1) is 17.8. The molecule has 4 rings (SSSR count). The molecule has 0 aliphatic heterocycles. The lowest BCUT2D eigenvalue weighted by Gasteiger charge is -2.63. The number of carbonyl (C=O) groups is 1. The van der Waals surface area contributed by atoms with Crippen LogP contribution >= 0.6 is 0 Å². The van der Waals surface area contributed by atoms with Crippen LogP contribution in [0.25, 0.3) is 0 Å². The summed E-state index contributed by atoms with van der Waals surface area (Å²) in [5, 5.41) is 20.8. The number of aliphatic hydroxyl groups is 2. The quantitative estimate of drug-likeness (QED) is 0.750. The summed E-state index contributed by atoms with van der Waals surface area (Å²) >= 11 is 0. The molecule has 142 valence electrons. The molecular formula is C21H34O4. The highest BCUT2D eigenvalue weighted by molar-refractivity contribution is 5.77. The molecule has 1 spiro atoms. The van der Waals surface area contributed by atoms with E-state index in [1.54, 1.807) is 0 Å². The van der Waals surface area contributed by atoms with Gasteiger partial charge in [0.1, 0.15) is 0 Å². The van der Waals surface area contributed by atoms with Crippen LogP contribution in [0.15, 0.2) is 0 Å². The number of fused-ring (bicyclic) bond motifs is 3. The fraction of sp³-hybridized carbons (Fsp3) is 0.952. The molecule has 4 aliphatic carbocycles. The number of carbonyl (C=O) groups excluding carboxylic acids is 1. The van der Waals surface area contributed by atoms with Gasteiger partial charge in [-0.25, -0.2) is 0 Å². The smallest absolute Gasteiger partial charge is 0.311 e. The highest BCUT2D eigenvalue weighted by Gasteiger charge is 2.68. The highest BCUT2D eigenvalue weighted by atomic mass is 16.5. The number of rotatable bonds is 2. The van der Waals surface area contributed by atoms with Crippen molar-refractivity contribution in [2.24, 2.45) is 34.0 Å². The topological polar surface area (TPSA) is 66.8 Å². The minimum atomic E-state index is -0.877. The van der Waals surface area contributed by atoms with Crippen LogP contribution in [-0.4, -0.2) is 35.5 Å². The molecule has 4 aliphatic rings. The number of hydrogen-bond acceptors (Lipinski definition) is 4. The lowest BCUT2D eigenvalue weighted by atomic mass is 9.41. The van der Waals surface area contributed by atoms with Gasteiger partial charge in [-0.05, 0) is 86.9 Å². The summed E-state index contributed by atoms with van der Waals surface area (Å²) in [5.41, 5.74) is -0.935. The SMILES string of the molecule is COC(=O)[C@]1(C)CCC[C@@]2(C)[C@@H]3CC[C@H]4C[C@]3(CC[C@@H]21)C[C@]4(O)CO. The predicted octanol–water partition coefficient (Wildman–Crippen LogP) is 3.30. The van der Waals surface area contributed by atoms with E-state index in [0.29, 0.717) is 11.8 Å². The molecule has 0 aromatic carbocycles. The average molecular weight is 350 g/mol. The molecule has 7 atom stereocenters. The maximum atomic E-state index is 12.7. The van der Waals surface area contributed by atoms with E-state index in [9.17, 15) is 15.0 Å². The molecule has 2 bridgehead atoms. The van der Waals surface area contributed by atoms with E-state index < -0.39 is 5.60 Å². The van der Waals surface area contributed by atoms with Crippen LogP contribution in [0, 0.1) is 34.0 Å². The van der Waals surface area contributed by atoms with Crippen LogP contribution in [0.4, 0.5) is 0 Å². The first-order valence-electron chi connectivity index (χ1n) is 10.2. The van der Waals surface area contributed by atoms with Crippen molar-refractivity contribution in [2.45, 2.75) is 77.2 Å². The van der Waals surface area contributed by atoms with Gasteiger partial charge in [-0.2, -0.15) is 0 Å². The van der Waals surface area contributed by atoms with Gasteiger partial charge < -0.3 is 14.9 Å². The standard InChI is InChI=1S/C21H34O4/c1-18-8-4-9-19(2,17(23)25-3)15(18)7-10-20-11-14(5-6-16(18)20)21(24,12-20)13-22/h14-16,22,24H,4-13H2,1-3H3/t14-,15-,16-,18+,19+,20+,21-/m0/s1. The summed E-state index contributed by atoms with van der Waals surface area (Å²) in [6.07, 6.45) is 9.30. The van der Waals surface area contributed by atoms with Crippen molar-refractivity contribution >= 4 is 5.97 Å².